The van der Waals surface area contributed by atoms with Crippen molar-refractivity contribution in [3.63, 3.8) is 0 Å². The van der Waals surface area contributed by atoms with Gasteiger partial charge in [0.25, 0.3) is 11.5 Å². The fraction of sp³-hybridized carbons (Fsp3) is 0.500. The number of aromatic nitrogens is 1. The molecule has 1 aliphatic rings. The number of carbonyl (C=O) groups is 1. The van der Waals surface area contributed by atoms with Crippen LogP contribution in [0.15, 0.2) is 35.1 Å². The molecule has 1 aromatic heterocycles. The number of fused-ring (bicyclic) bond motifs is 1. The van der Waals surface area contributed by atoms with Gasteiger partial charge in [0.05, 0.1) is 17.2 Å². The van der Waals surface area contributed by atoms with E-state index in [1.54, 1.807) is 11.6 Å². The Kier molecular flexibility index (Phi) is 5.53. The van der Waals surface area contributed by atoms with E-state index in [9.17, 15) is 9.59 Å². The van der Waals surface area contributed by atoms with Crippen molar-refractivity contribution in [1.82, 2.24) is 9.47 Å². The number of aryl methyl sites for hydroxylation is 1. The summed E-state index contributed by atoms with van der Waals surface area (Å²) in [6, 6.07) is 9.04. The number of hydrogen-bond acceptors (Lipinski definition) is 3. The summed E-state index contributed by atoms with van der Waals surface area (Å²) in [5.41, 5.74) is 1.11. The summed E-state index contributed by atoms with van der Waals surface area (Å²) in [4.78, 5) is 27.3. The molecule has 1 amide bonds. The maximum atomic E-state index is 13.2. The molecule has 1 fully saturated rings. The van der Waals surface area contributed by atoms with E-state index in [1.807, 2.05) is 29.2 Å². The highest BCUT2D eigenvalue weighted by Crippen LogP contribution is 2.20. The molecule has 2 heterocycles. The molecule has 1 atom stereocenters. The van der Waals surface area contributed by atoms with Crippen molar-refractivity contribution >= 4 is 16.8 Å². The van der Waals surface area contributed by atoms with Crippen LogP contribution in [0.3, 0.4) is 0 Å². The van der Waals surface area contributed by atoms with Crippen LogP contribution in [0.25, 0.3) is 10.9 Å². The first-order chi connectivity index (χ1) is 12.1. The topological polar surface area (TPSA) is 51.5 Å². The first-order valence-corrected chi connectivity index (χ1v) is 9.11. The molecule has 5 heteroatoms. The minimum atomic E-state index is -0.160. The number of benzene rings is 1. The van der Waals surface area contributed by atoms with Gasteiger partial charge in [-0.1, -0.05) is 25.1 Å². The normalized spacial score (nSPS) is 17.6. The van der Waals surface area contributed by atoms with Crippen LogP contribution >= 0.6 is 0 Å². The Morgan fingerprint density at radius 3 is 2.84 bits per heavy atom. The first-order valence-electron chi connectivity index (χ1n) is 9.11. The predicted molar refractivity (Wildman–Crippen MR) is 99.0 cm³/mol. The molecule has 0 bridgehead atoms. The second-order valence-electron chi connectivity index (χ2n) is 6.71. The molecular formula is C20H26N2O3. The third-order valence-electron chi connectivity index (χ3n) is 4.86. The minimum absolute atomic E-state index is 0.0788. The van der Waals surface area contributed by atoms with E-state index in [2.05, 4.69) is 6.92 Å². The molecule has 1 aromatic carbocycles. The highest BCUT2D eigenvalue weighted by molar-refractivity contribution is 6.06. The number of pyridine rings is 1. The molecular weight excluding hydrogens is 316 g/mol. The molecule has 0 spiro atoms. The van der Waals surface area contributed by atoms with E-state index in [-0.39, 0.29) is 17.6 Å². The van der Waals surface area contributed by atoms with Crippen LogP contribution < -0.4 is 5.56 Å². The second kappa shape index (κ2) is 7.83. The molecule has 2 aromatic rings. The van der Waals surface area contributed by atoms with E-state index >= 15 is 0 Å². The zero-order chi connectivity index (χ0) is 17.8. The summed E-state index contributed by atoms with van der Waals surface area (Å²) in [5.74, 6) is -0.0788. The number of nitrogens with zero attached hydrogens (tertiary/aromatic N) is 2. The average molecular weight is 342 g/mol. The molecule has 0 aliphatic carbocycles. The average Bonchev–Trinajstić information content (AvgIpc) is 2.65. The second-order valence-corrected chi connectivity index (χ2v) is 6.71. The van der Waals surface area contributed by atoms with Crippen LogP contribution in [0.5, 0.6) is 0 Å². The van der Waals surface area contributed by atoms with Gasteiger partial charge in [-0.25, -0.2) is 0 Å². The Bertz CT molecular complexity index is 806. The van der Waals surface area contributed by atoms with Crippen LogP contribution in [-0.4, -0.2) is 41.2 Å². The highest BCUT2D eigenvalue weighted by Gasteiger charge is 2.24. The molecule has 0 radical (unpaired) electrons. The molecule has 0 unspecified atom stereocenters. The summed E-state index contributed by atoms with van der Waals surface area (Å²) >= 11 is 0. The van der Waals surface area contributed by atoms with E-state index in [0.717, 1.165) is 43.2 Å². The number of amides is 1. The van der Waals surface area contributed by atoms with Gasteiger partial charge in [-0.15, -0.1) is 0 Å². The van der Waals surface area contributed by atoms with E-state index in [0.29, 0.717) is 18.7 Å². The van der Waals surface area contributed by atoms with Gasteiger partial charge in [-0.05, 0) is 31.7 Å². The van der Waals surface area contributed by atoms with Gasteiger partial charge in [0.15, 0.2) is 0 Å². The summed E-state index contributed by atoms with van der Waals surface area (Å²) < 4.78 is 7.40. The van der Waals surface area contributed by atoms with Gasteiger partial charge in [-0.2, -0.15) is 0 Å². The number of rotatable bonds is 5. The lowest BCUT2D eigenvalue weighted by Crippen LogP contribution is -2.40. The van der Waals surface area contributed by atoms with Gasteiger partial charge in [0.1, 0.15) is 0 Å². The third kappa shape index (κ3) is 3.76. The number of carbonyl (C=O) groups excluding carboxylic acids is 1. The lowest BCUT2D eigenvalue weighted by atomic mass is 10.1. The van der Waals surface area contributed by atoms with Crippen molar-refractivity contribution in [3.05, 3.63) is 46.2 Å². The van der Waals surface area contributed by atoms with E-state index in [1.165, 1.54) is 6.07 Å². The van der Waals surface area contributed by atoms with Gasteiger partial charge in [0.2, 0.25) is 0 Å². The molecule has 1 aliphatic heterocycles. The fourth-order valence-electron chi connectivity index (χ4n) is 3.50. The largest absolute Gasteiger partial charge is 0.376 e. The minimum Gasteiger partial charge on any atom is -0.376 e. The van der Waals surface area contributed by atoms with Crippen LogP contribution in [0.1, 0.15) is 43.0 Å². The Labute approximate surface area is 148 Å². The Morgan fingerprint density at radius 1 is 1.32 bits per heavy atom. The predicted octanol–water partition coefficient (Wildman–Crippen LogP) is 2.96. The van der Waals surface area contributed by atoms with Crippen LogP contribution in [0, 0.1) is 0 Å². The Morgan fingerprint density at radius 2 is 2.12 bits per heavy atom. The quantitative estimate of drug-likeness (QED) is 0.839. The number of hydrogen-bond donors (Lipinski definition) is 0. The van der Waals surface area contributed by atoms with Crippen molar-refractivity contribution in [2.45, 2.75) is 38.7 Å². The zero-order valence-electron chi connectivity index (χ0n) is 15.0. The number of ether oxygens (including phenoxy) is 1. The molecule has 5 nitrogen and oxygen atoms in total. The zero-order valence-corrected chi connectivity index (χ0v) is 15.0. The first kappa shape index (κ1) is 17.7. The van der Waals surface area contributed by atoms with Gasteiger partial charge in [0, 0.05) is 38.2 Å². The molecule has 25 heavy (non-hydrogen) atoms. The summed E-state index contributed by atoms with van der Waals surface area (Å²) in [6.45, 7) is 4.09. The van der Waals surface area contributed by atoms with Crippen molar-refractivity contribution in [2.75, 3.05) is 19.7 Å². The van der Waals surface area contributed by atoms with Crippen molar-refractivity contribution in [1.29, 1.82) is 0 Å². The molecule has 1 saturated heterocycles. The van der Waals surface area contributed by atoms with Crippen molar-refractivity contribution < 1.29 is 9.53 Å². The standard InChI is InChI=1S/C20H26N2O3/c1-3-11-22(14-15-8-6-7-12-25-15)20(24)17-13-19(23)21(2)18-10-5-4-9-16(17)18/h4-5,9-10,13,15H,3,6-8,11-12,14H2,1-2H3/t15-/m0/s1. The maximum Gasteiger partial charge on any atom is 0.254 e. The van der Waals surface area contributed by atoms with Gasteiger partial charge < -0.3 is 14.2 Å². The van der Waals surface area contributed by atoms with Crippen LogP contribution in [0.4, 0.5) is 0 Å². The van der Waals surface area contributed by atoms with Gasteiger partial charge >= 0.3 is 0 Å². The Balaban J connectivity index is 1.95. The van der Waals surface area contributed by atoms with Crippen LogP contribution in [0.2, 0.25) is 0 Å². The third-order valence-corrected chi connectivity index (χ3v) is 4.86. The highest BCUT2D eigenvalue weighted by atomic mass is 16.5. The van der Waals surface area contributed by atoms with E-state index in [4.69, 9.17) is 4.74 Å². The monoisotopic (exact) mass is 342 g/mol. The molecule has 0 N–H and O–H groups in total. The van der Waals surface area contributed by atoms with E-state index < -0.39 is 0 Å². The molecule has 3 rings (SSSR count). The summed E-state index contributed by atoms with van der Waals surface area (Å²) in [7, 11) is 1.73. The van der Waals surface area contributed by atoms with Crippen LogP contribution in [-0.2, 0) is 11.8 Å². The summed E-state index contributed by atoms with van der Waals surface area (Å²) in [6.07, 6.45) is 4.21. The Hall–Kier alpha value is -2.14. The smallest absolute Gasteiger partial charge is 0.254 e. The SMILES string of the molecule is CCCN(C[C@@H]1CCCCO1)C(=O)c1cc(=O)n(C)c2ccccc12. The fourth-order valence-corrected chi connectivity index (χ4v) is 3.50. The molecule has 0 saturated carbocycles. The molecule has 134 valence electrons. The lowest BCUT2D eigenvalue weighted by Gasteiger charge is -2.30. The number of para-hydroxylation sites is 1. The lowest BCUT2D eigenvalue weighted by molar-refractivity contribution is -0.00380. The van der Waals surface area contributed by atoms with Crippen molar-refractivity contribution in [2.24, 2.45) is 7.05 Å². The van der Waals surface area contributed by atoms with Gasteiger partial charge in [-0.3, -0.25) is 9.59 Å². The van der Waals surface area contributed by atoms with Crippen molar-refractivity contribution in [3.8, 4) is 0 Å². The summed E-state index contributed by atoms with van der Waals surface area (Å²) in [5, 5.41) is 0.820. The maximum absolute atomic E-state index is 13.2.